The van der Waals surface area contributed by atoms with Crippen LogP contribution in [-0.2, 0) is 4.74 Å². The van der Waals surface area contributed by atoms with Crippen molar-refractivity contribution in [3.63, 3.8) is 0 Å². The molecule has 0 aliphatic heterocycles. The summed E-state index contributed by atoms with van der Waals surface area (Å²) in [6.45, 7) is 3.80. The lowest BCUT2D eigenvalue weighted by molar-refractivity contribution is 0.0279. The number of Topliss-reactive ketones (excluding diaryl/α,β-unsaturated/α-hetero) is 1. The highest BCUT2D eigenvalue weighted by Crippen LogP contribution is 2.28. The highest BCUT2D eigenvalue weighted by molar-refractivity contribution is 9.10. The van der Waals surface area contributed by atoms with E-state index in [2.05, 4.69) is 15.9 Å². The fraction of sp³-hybridized carbons (Fsp3) is 0.148. The number of benzene rings is 3. The molecule has 0 unspecified atom stereocenters. The Morgan fingerprint density at radius 2 is 1.69 bits per heavy atom. The van der Waals surface area contributed by atoms with Gasteiger partial charge in [0.05, 0.1) is 16.8 Å². The van der Waals surface area contributed by atoms with E-state index in [1.54, 1.807) is 30.3 Å². The molecule has 3 aromatic carbocycles. The number of aryl methyl sites for hydroxylation is 1. The number of halogens is 1. The fourth-order valence-electron chi connectivity index (χ4n) is 3.58. The van der Waals surface area contributed by atoms with Crippen LogP contribution in [0.15, 0.2) is 83.3 Å². The van der Waals surface area contributed by atoms with Gasteiger partial charge in [-0.3, -0.25) is 4.79 Å². The fourth-order valence-corrected chi connectivity index (χ4v) is 3.84. The minimum atomic E-state index is -0.853. The van der Waals surface area contributed by atoms with E-state index in [-0.39, 0.29) is 5.78 Å². The predicted molar refractivity (Wildman–Crippen MR) is 130 cm³/mol. The second-order valence-electron chi connectivity index (χ2n) is 7.62. The number of fused-ring (bicyclic) bond motifs is 1. The minimum absolute atomic E-state index is 0.205. The van der Waals surface area contributed by atoms with Crippen LogP contribution in [0.5, 0.6) is 0 Å². The highest BCUT2D eigenvalue weighted by atomic mass is 79.9. The zero-order valence-corrected chi connectivity index (χ0v) is 19.4. The first-order valence-corrected chi connectivity index (χ1v) is 11.2. The molecule has 5 heteroatoms. The average Bonchev–Trinajstić information content (AvgIpc) is 2.82. The van der Waals surface area contributed by atoms with E-state index in [1.807, 2.05) is 62.4 Å². The van der Waals surface area contributed by atoms with Crippen LogP contribution in [0.4, 0.5) is 0 Å². The lowest BCUT2D eigenvalue weighted by atomic mass is 10.0. The molecule has 0 fully saturated rings. The molecule has 32 heavy (non-hydrogen) atoms. The van der Waals surface area contributed by atoms with E-state index in [0.29, 0.717) is 34.1 Å². The molecule has 1 atom stereocenters. The Hall–Kier alpha value is -3.31. The van der Waals surface area contributed by atoms with Gasteiger partial charge in [0.2, 0.25) is 5.78 Å². The van der Waals surface area contributed by atoms with Crippen molar-refractivity contribution in [1.29, 1.82) is 0 Å². The Morgan fingerprint density at radius 3 is 2.38 bits per heavy atom. The summed E-state index contributed by atoms with van der Waals surface area (Å²) in [6, 6.07) is 24.2. The van der Waals surface area contributed by atoms with Crippen molar-refractivity contribution in [3.8, 4) is 11.3 Å². The lowest BCUT2D eigenvalue weighted by Crippen LogP contribution is -2.27. The van der Waals surface area contributed by atoms with Crippen molar-refractivity contribution in [3.05, 3.63) is 100 Å². The summed E-state index contributed by atoms with van der Waals surface area (Å²) >= 11 is 3.44. The van der Waals surface area contributed by atoms with Crippen LogP contribution >= 0.6 is 15.9 Å². The number of hydrogen-bond acceptors (Lipinski definition) is 4. The van der Waals surface area contributed by atoms with E-state index in [4.69, 9.17) is 9.72 Å². The molecule has 1 heterocycles. The molecule has 0 saturated heterocycles. The zero-order chi connectivity index (χ0) is 22.7. The van der Waals surface area contributed by atoms with Gasteiger partial charge in [0.15, 0.2) is 6.10 Å². The molecule has 0 aliphatic rings. The molecule has 4 rings (SSSR count). The number of pyridine rings is 1. The van der Waals surface area contributed by atoms with Gasteiger partial charge in [0.25, 0.3) is 0 Å². The standard InChI is InChI=1S/C27H22BrNO3/c1-3-25(26(30)19-7-5-4-6-8-19)32-27(31)22-16-24(18-10-12-20(28)13-11-18)29-23-14-9-17(2)15-21(22)23/h4-16,25H,3H2,1-2H3/t25-/m0/s1. The van der Waals surface area contributed by atoms with Crippen molar-refractivity contribution >= 4 is 38.6 Å². The number of ether oxygens (including phenoxy) is 1. The monoisotopic (exact) mass is 487 g/mol. The topological polar surface area (TPSA) is 56.3 Å². The van der Waals surface area contributed by atoms with Crippen LogP contribution in [0.3, 0.4) is 0 Å². The van der Waals surface area contributed by atoms with Crippen LogP contribution in [0.2, 0.25) is 0 Å². The van der Waals surface area contributed by atoms with Gasteiger partial charge >= 0.3 is 5.97 Å². The number of carbonyl (C=O) groups is 2. The maximum Gasteiger partial charge on any atom is 0.339 e. The van der Waals surface area contributed by atoms with Crippen molar-refractivity contribution in [2.75, 3.05) is 0 Å². The summed E-state index contributed by atoms with van der Waals surface area (Å²) in [7, 11) is 0. The largest absolute Gasteiger partial charge is 0.450 e. The quantitative estimate of drug-likeness (QED) is 0.222. The van der Waals surface area contributed by atoms with E-state index < -0.39 is 12.1 Å². The Bertz CT molecular complexity index is 1280. The summed E-state index contributed by atoms with van der Waals surface area (Å²) < 4.78 is 6.70. The molecule has 160 valence electrons. The number of aromatic nitrogens is 1. The molecule has 0 aliphatic carbocycles. The number of carbonyl (C=O) groups excluding carboxylic acids is 2. The molecule has 0 amide bonds. The summed E-state index contributed by atoms with van der Waals surface area (Å²) in [5.41, 5.74) is 4.19. The van der Waals surface area contributed by atoms with Gasteiger partial charge in [-0.05, 0) is 43.7 Å². The third kappa shape index (κ3) is 4.63. The van der Waals surface area contributed by atoms with Crippen molar-refractivity contribution < 1.29 is 14.3 Å². The number of ketones is 1. The third-order valence-corrected chi connectivity index (χ3v) is 5.82. The smallest absolute Gasteiger partial charge is 0.339 e. The highest BCUT2D eigenvalue weighted by Gasteiger charge is 2.25. The third-order valence-electron chi connectivity index (χ3n) is 5.29. The van der Waals surface area contributed by atoms with Gasteiger partial charge < -0.3 is 4.74 Å². The van der Waals surface area contributed by atoms with Gasteiger partial charge in [-0.15, -0.1) is 0 Å². The molecule has 0 spiro atoms. The first-order chi connectivity index (χ1) is 15.5. The van der Waals surface area contributed by atoms with Crippen LogP contribution in [0, 0.1) is 6.92 Å². The molecular weight excluding hydrogens is 466 g/mol. The molecule has 4 nitrogen and oxygen atoms in total. The van der Waals surface area contributed by atoms with Gasteiger partial charge in [0, 0.05) is 21.0 Å². The van der Waals surface area contributed by atoms with Crippen molar-refractivity contribution in [2.45, 2.75) is 26.4 Å². The number of esters is 1. The van der Waals surface area contributed by atoms with Gasteiger partial charge in [-0.25, -0.2) is 9.78 Å². The van der Waals surface area contributed by atoms with Crippen molar-refractivity contribution in [2.24, 2.45) is 0 Å². The maximum absolute atomic E-state index is 13.3. The normalized spacial score (nSPS) is 11.8. The second-order valence-corrected chi connectivity index (χ2v) is 8.53. The molecule has 0 radical (unpaired) electrons. The van der Waals surface area contributed by atoms with E-state index in [9.17, 15) is 9.59 Å². The summed E-state index contributed by atoms with van der Waals surface area (Å²) in [5.74, 6) is -0.735. The maximum atomic E-state index is 13.3. The molecule has 1 aromatic heterocycles. The van der Waals surface area contributed by atoms with Gasteiger partial charge in [-0.2, -0.15) is 0 Å². The Kier molecular flexibility index (Phi) is 6.47. The van der Waals surface area contributed by atoms with E-state index in [1.165, 1.54) is 0 Å². The number of hydrogen-bond donors (Lipinski definition) is 0. The van der Waals surface area contributed by atoms with Crippen molar-refractivity contribution in [1.82, 2.24) is 4.98 Å². The van der Waals surface area contributed by atoms with E-state index >= 15 is 0 Å². The molecular formula is C27H22BrNO3. The van der Waals surface area contributed by atoms with Gasteiger partial charge in [-0.1, -0.05) is 76.9 Å². The van der Waals surface area contributed by atoms with Crippen LogP contribution in [0.1, 0.15) is 39.6 Å². The van der Waals surface area contributed by atoms with Crippen LogP contribution in [0.25, 0.3) is 22.2 Å². The minimum Gasteiger partial charge on any atom is -0.450 e. The SMILES string of the molecule is CC[C@H](OC(=O)c1cc(-c2ccc(Br)cc2)nc2ccc(C)cc12)C(=O)c1ccccc1. The zero-order valence-electron chi connectivity index (χ0n) is 17.8. The average molecular weight is 488 g/mol. The second kappa shape index (κ2) is 9.45. The molecule has 4 aromatic rings. The Labute approximate surface area is 195 Å². The molecule has 0 bridgehead atoms. The number of rotatable bonds is 6. The molecule has 0 N–H and O–H groups in total. The summed E-state index contributed by atoms with van der Waals surface area (Å²) in [4.78, 5) is 30.9. The number of nitrogens with zero attached hydrogens (tertiary/aromatic N) is 1. The van der Waals surface area contributed by atoms with Gasteiger partial charge in [0.1, 0.15) is 0 Å². The predicted octanol–water partition coefficient (Wildman–Crippen LogP) is 6.79. The Morgan fingerprint density at radius 1 is 0.969 bits per heavy atom. The Balaban J connectivity index is 1.74. The first kappa shape index (κ1) is 21.9. The lowest BCUT2D eigenvalue weighted by Gasteiger charge is -2.17. The van der Waals surface area contributed by atoms with Crippen LogP contribution in [-0.4, -0.2) is 22.8 Å². The molecule has 0 saturated carbocycles. The summed E-state index contributed by atoms with van der Waals surface area (Å²) in [6.07, 6.45) is -0.463. The van der Waals surface area contributed by atoms with E-state index in [0.717, 1.165) is 15.6 Å². The summed E-state index contributed by atoms with van der Waals surface area (Å²) in [5, 5.41) is 0.706. The first-order valence-electron chi connectivity index (χ1n) is 10.4. The van der Waals surface area contributed by atoms with Crippen LogP contribution < -0.4 is 0 Å².